The number of unbranched alkanes of at least 4 members (excludes halogenated alkanes) is 1. The Kier molecular flexibility index (Phi) is 29.5. The summed E-state index contributed by atoms with van der Waals surface area (Å²) in [6, 6.07) is 0. The predicted octanol–water partition coefficient (Wildman–Crippen LogP) is 4.34. The van der Waals surface area contributed by atoms with Gasteiger partial charge in [-0.05, 0) is 33.6 Å². The van der Waals surface area contributed by atoms with Crippen LogP contribution in [0.3, 0.4) is 0 Å². The minimum atomic E-state index is -0.252. The van der Waals surface area contributed by atoms with E-state index >= 15 is 0 Å². The van der Waals surface area contributed by atoms with Gasteiger partial charge in [-0.25, -0.2) is 0 Å². The standard InChI is InChI=1S/C10H13NO3.C3H6O.3C2H6/c1-8(12)4-2-3-7-11-9(13)5-6-10(11)14;1-3(2)4;3*1-2/h5-6H,2-4,7H2,1H3;1-2H3;3*1-2H3. The molecule has 0 spiro atoms. The van der Waals surface area contributed by atoms with Crippen LogP contribution in [0.2, 0.25) is 0 Å². The lowest BCUT2D eigenvalue weighted by Crippen LogP contribution is -2.30. The lowest BCUT2D eigenvalue weighted by atomic mass is 10.2. The first-order chi connectivity index (χ1) is 11.3. The summed E-state index contributed by atoms with van der Waals surface area (Å²) < 4.78 is 0. The lowest BCUT2D eigenvalue weighted by molar-refractivity contribution is -0.136. The fourth-order valence-electron chi connectivity index (χ4n) is 1.30. The Bertz CT molecular complexity index is 352. The number of carbonyl (C=O) groups is 4. The van der Waals surface area contributed by atoms with Crippen molar-refractivity contribution in [3.05, 3.63) is 12.2 Å². The number of amides is 2. The number of carbonyl (C=O) groups excluding carboxylic acids is 4. The number of ketones is 2. The van der Waals surface area contributed by atoms with Crippen molar-refractivity contribution in [3.8, 4) is 0 Å². The fraction of sp³-hybridized carbons (Fsp3) is 0.684. The van der Waals surface area contributed by atoms with Crippen LogP contribution in [0.1, 0.15) is 81.6 Å². The van der Waals surface area contributed by atoms with Crippen LogP contribution in [0, 0.1) is 0 Å². The molecule has 24 heavy (non-hydrogen) atoms. The van der Waals surface area contributed by atoms with E-state index in [-0.39, 0.29) is 23.4 Å². The molecule has 5 nitrogen and oxygen atoms in total. The molecule has 1 heterocycles. The summed E-state index contributed by atoms with van der Waals surface area (Å²) in [6.07, 6.45) is 4.48. The SMILES string of the molecule is CC.CC.CC.CC(=O)CCCCN1C(=O)C=CC1=O.CC(C)=O. The van der Waals surface area contributed by atoms with Crippen LogP contribution >= 0.6 is 0 Å². The highest BCUT2D eigenvalue weighted by atomic mass is 16.2. The Hall–Kier alpha value is -1.78. The van der Waals surface area contributed by atoms with E-state index in [0.717, 1.165) is 6.42 Å². The van der Waals surface area contributed by atoms with E-state index in [1.165, 1.54) is 37.8 Å². The Labute approximate surface area is 148 Å². The molecule has 0 aromatic heterocycles. The van der Waals surface area contributed by atoms with Gasteiger partial charge in [0.25, 0.3) is 11.8 Å². The second-order valence-corrected chi connectivity index (χ2v) is 4.23. The molecule has 0 saturated carbocycles. The maximum Gasteiger partial charge on any atom is 0.253 e. The zero-order valence-corrected chi connectivity index (χ0v) is 17.1. The van der Waals surface area contributed by atoms with Crippen molar-refractivity contribution in [2.75, 3.05) is 6.54 Å². The molecule has 0 saturated heterocycles. The van der Waals surface area contributed by atoms with Gasteiger partial charge in [0.2, 0.25) is 0 Å². The summed E-state index contributed by atoms with van der Waals surface area (Å²) in [5.74, 6) is -0.196. The fourth-order valence-corrected chi connectivity index (χ4v) is 1.30. The molecule has 0 fully saturated rings. The molecule has 0 aromatic rings. The molecule has 0 unspecified atom stereocenters. The first kappa shape index (κ1) is 30.1. The highest BCUT2D eigenvalue weighted by Gasteiger charge is 2.22. The van der Waals surface area contributed by atoms with Crippen LogP contribution in [0.5, 0.6) is 0 Å². The van der Waals surface area contributed by atoms with Crippen LogP contribution in [0.4, 0.5) is 0 Å². The normalized spacial score (nSPS) is 10.8. The summed E-state index contributed by atoms with van der Waals surface area (Å²) in [5, 5.41) is 0. The molecular weight excluding hydrogens is 306 g/mol. The van der Waals surface area contributed by atoms with Gasteiger partial charge in [0.1, 0.15) is 11.6 Å². The van der Waals surface area contributed by atoms with Gasteiger partial charge >= 0.3 is 0 Å². The molecule has 1 aliphatic heterocycles. The number of rotatable bonds is 5. The highest BCUT2D eigenvalue weighted by molar-refractivity contribution is 6.12. The number of imide groups is 1. The highest BCUT2D eigenvalue weighted by Crippen LogP contribution is 2.06. The van der Waals surface area contributed by atoms with Crippen molar-refractivity contribution in [1.82, 2.24) is 4.90 Å². The molecule has 0 radical (unpaired) electrons. The van der Waals surface area contributed by atoms with Gasteiger partial charge in [-0.3, -0.25) is 14.5 Å². The molecule has 1 rings (SSSR count). The molecule has 0 aromatic carbocycles. The maximum absolute atomic E-state index is 11.1. The van der Waals surface area contributed by atoms with Gasteiger partial charge < -0.3 is 9.59 Å². The second-order valence-electron chi connectivity index (χ2n) is 4.23. The van der Waals surface area contributed by atoms with Crippen molar-refractivity contribution in [2.24, 2.45) is 0 Å². The Balaban J connectivity index is -0.000000169. The molecule has 1 aliphatic rings. The lowest BCUT2D eigenvalue weighted by Gasteiger charge is -2.12. The Morgan fingerprint density at radius 3 is 1.42 bits per heavy atom. The van der Waals surface area contributed by atoms with E-state index in [1.54, 1.807) is 0 Å². The van der Waals surface area contributed by atoms with E-state index in [0.29, 0.717) is 19.4 Å². The molecule has 0 bridgehead atoms. The first-order valence-corrected chi connectivity index (χ1v) is 8.84. The van der Waals surface area contributed by atoms with E-state index in [9.17, 15) is 19.2 Å². The number of Topliss-reactive ketones (excluding diaryl/α,β-unsaturated/α-hetero) is 2. The second kappa shape index (κ2) is 23.5. The van der Waals surface area contributed by atoms with Crippen LogP contribution < -0.4 is 0 Å². The third-order valence-electron chi connectivity index (χ3n) is 2.06. The maximum atomic E-state index is 11.1. The zero-order valence-electron chi connectivity index (χ0n) is 17.1. The van der Waals surface area contributed by atoms with Crippen molar-refractivity contribution in [3.63, 3.8) is 0 Å². The third kappa shape index (κ3) is 22.5. The van der Waals surface area contributed by atoms with Crippen molar-refractivity contribution in [2.45, 2.75) is 81.6 Å². The summed E-state index contributed by atoms with van der Waals surface area (Å²) in [7, 11) is 0. The zero-order chi connectivity index (χ0) is 20.1. The molecule has 2 amide bonds. The van der Waals surface area contributed by atoms with Crippen molar-refractivity contribution in [1.29, 1.82) is 0 Å². The van der Waals surface area contributed by atoms with Crippen LogP contribution in [-0.2, 0) is 19.2 Å². The van der Waals surface area contributed by atoms with Gasteiger partial charge in [0, 0.05) is 25.1 Å². The smallest absolute Gasteiger partial charge is 0.253 e. The average Bonchev–Trinajstić information content (AvgIpc) is 2.88. The topological polar surface area (TPSA) is 71.5 Å². The number of hydrogen-bond acceptors (Lipinski definition) is 4. The van der Waals surface area contributed by atoms with E-state index in [4.69, 9.17) is 0 Å². The average molecular weight is 344 g/mol. The van der Waals surface area contributed by atoms with Crippen LogP contribution in [-0.4, -0.2) is 34.8 Å². The first-order valence-electron chi connectivity index (χ1n) is 8.84. The monoisotopic (exact) mass is 343 g/mol. The molecule has 5 heteroatoms. The van der Waals surface area contributed by atoms with E-state index in [2.05, 4.69) is 0 Å². The molecule has 0 N–H and O–H groups in total. The van der Waals surface area contributed by atoms with E-state index in [1.807, 2.05) is 41.5 Å². The van der Waals surface area contributed by atoms with Crippen molar-refractivity contribution >= 4 is 23.4 Å². The van der Waals surface area contributed by atoms with Gasteiger partial charge in [0.15, 0.2) is 0 Å². The van der Waals surface area contributed by atoms with Gasteiger partial charge in [-0.2, -0.15) is 0 Å². The third-order valence-corrected chi connectivity index (χ3v) is 2.06. The minimum absolute atomic E-state index is 0.141. The molecule has 0 atom stereocenters. The molecular formula is C19H37NO4. The molecule has 142 valence electrons. The quantitative estimate of drug-likeness (QED) is 0.550. The van der Waals surface area contributed by atoms with Gasteiger partial charge in [-0.1, -0.05) is 41.5 Å². The summed E-state index contributed by atoms with van der Waals surface area (Å²) >= 11 is 0. The van der Waals surface area contributed by atoms with E-state index < -0.39 is 0 Å². The largest absolute Gasteiger partial charge is 0.300 e. The van der Waals surface area contributed by atoms with Crippen LogP contribution in [0.25, 0.3) is 0 Å². The summed E-state index contributed by atoms with van der Waals surface area (Å²) in [6.45, 7) is 17.0. The van der Waals surface area contributed by atoms with Gasteiger partial charge in [-0.15, -0.1) is 0 Å². The van der Waals surface area contributed by atoms with Crippen molar-refractivity contribution < 1.29 is 19.2 Å². The summed E-state index contributed by atoms with van der Waals surface area (Å²) in [4.78, 5) is 43.4. The minimum Gasteiger partial charge on any atom is -0.300 e. The number of hydrogen-bond donors (Lipinski definition) is 0. The summed E-state index contributed by atoms with van der Waals surface area (Å²) in [5.41, 5.74) is 0. The van der Waals surface area contributed by atoms with Gasteiger partial charge in [0.05, 0.1) is 0 Å². The Morgan fingerprint density at radius 2 is 1.12 bits per heavy atom. The van der Waals surface area contributed by atoms with Crippen LogP contribution in [0.15, 0.2) is 12.2 Å². The predicted molar refractivity (Wildman–Crippen MR) is 101 cm³/mol. The Morgan fingerprint density at radius 1 is 0.792 bits per heavy atom. The number of nitrogens with zero attached hydrogens (tertiary/aromatic N) is 1. The molecule has 0 aliphatic carbocycles.